The number of carbonyl (C=O) groups is 3. The molecular formula is C56H104O6. The Morgan fingerprint density at radius 3 is 0.823 bits per heavy atom. The van der Waals surface area contributed by atoms with Crippen molar-refractivity contribution in [2.75, 3.05) is 13.2 Å². The number of carbonyl (C=O) groups excluding carboxylic acids is 3. The highest BCUT2D eigenvalue weighted by Crippen LogP contribution is 2.16. The van der Waals surface area contributed by atoms with Crippen LogP contribution in [0.25, 0.3) is 0 Å². The summed E-state index contributed by atoms with van der Waals surface area (Å²) in [7, 11) is 0. The van der Waals surface area contributed by atoms with Crippen LogP contribution in [0.2, 0.25) is 0 Å². The van der Waals surface area contributed by atoms with Crippen LogP contribution in [0.4, 0.5) is 0 Å². The molecular weight excluding hydrogens is 769 g/mol. The minimum atomic E-state index is -0.774. The van der Waals surface area contributed by atoms with Crippen LogP contribution in [0.15, 0.2) is 24.3 Å². The Morgan fingerprint density at radius 1 is 0.306 bits per heavy atom. The lowest BCUT2D eigenvalue weighted by Gasteiger charge is -2.18. The van der Waals surface area contributed by atoms with Crippen molar-refractivity contribution < 1.29 is 28.6 Å². The maximum atomic E-state index is 12.8. The third kappa shape index (κ3) is 48.9. The van der Waals surface area contributed by atoms with Crippen LogP contribution in [-0.2, 0) is 28.6 Å². The zero-order valence-electron chi connectivity index (χ0n) is 41.7. The molecule has 0 heterocycles. The Kier molecular flexibility index (Phi) is 49.8. The molecule has 364 valence electrons. The van der Waals surface area contributed by atoms with Gasteiger partial charge < -0.3 is 14.2 Å². The van der Waals surface area contributed by atoms with E-state index in [2.05, 4.69) is 45.1 Å². The van der Waals surface area contributed by atoms with Crippen LogP contribution < -0.4 is 0 Å². The smallest absolute Gasteiger partial charge is 0.306 e. The maximum Gasteiger partial charge on any atom is 0.306 e. The molecule has 0 N–H and O–H groups in total. The summed E-state index contributed by atoms with van der Waals surface area (Å²) >= 11 is 0. The van der Waals surface area contributed by atoms with Crippen LogP contribution >= 0.6 is 0 Å². The molecule has 0 fully saturated rings. The van der Waals surface area contributed by atoms with Gasteiger partial charge in [0.05, 0.1) is 0 Å². The van der Waals surface area contributed by atoms with E-state index in [-0.39, 0.29) is 31.1 Å². The summed E-state index contributed by atoms with van der Waals surface area (Å²) in [5, 5.41) is 0. The molecule has 0 saturated heterocycles. The largest absolute Gasteiger partial charge is 0.462 e. The predicted octanol–water partition coefficient (Wildman–Crippen LogP) is 17.9. The van der Waals surface area contributed by atoms with Gasteiger partial charge in [0.25, 0.3) is 0 Å². The fourth-order valence-corrected chi connectivity index (χ4v) is 8.02. The lowest BCUT2D eigenvalue weighted by molar-refractivity contribution is -0.167. The summed E-state index contributed by atoms with van der Waals surface area (Å²) < 4.78 is 16.8. The van der Waals surface area contributed by atoms with Crippen molar-refractivity contribution >= 4 is 17.9 Å². The predicted molar refractivity (Wildman–Crippen MR) is 266 cm³/mol. The minimum absolute atomic E-state index is 0.0732. The van der Waals surface area contributed by atoms with Gasteiger partial charge in [-0.3, -0.25) is 14.4 Å². The molecule has 0 bridgehead atoms. The molecule has 0 saturated carbocycles. The van der Waals surface area contributed by atoms with Crippen molar-refractivity contribution in [3.63, 3.8) is 0 Å². The maximum absolute atomic E-state index is 12.8. The molecule has 0 aromatic carbocycles. The van der Waals surface area contributed by atoms with E-state index in [9.17, 15) is 14.4 Å². The molecule has 0 spiro atoms. The molecule has 0 aromatic rings. The lowest BCUT2D eigenvalue weighted by Crippen LogP contribution is -2.30. The van der Waals surface area contributed by atoms with Crippen molar-refractivity contribution in [1.82, 2.24) is 0 Å². The first-order valence-corrected chi connectivity index (χ1v) is 27.3. The first-order valence-electron chi connectivity index (χ1n) is 27.3. The summed E-state index contributed by atoms with van der Waals surface area (Å²) in [6.45, 7) is 6.64. The summed E-state index contributed by atoms with van der Waals surface area (Å²) in [5.74, 6) is -0.875. The molecule has 0 amide bonds. The van der Waals surface area contributed by atoms with E-state index in [0.29, 0.717) is 19.3 Å². The van der Waals surface area contributed by atoms with Crippen LogP contribution in [0.1, 0.15) is 297 Å². The Morgan fingerprint density at radius 2 is 0.532 bits per heavy atom. The van der Waals surface area contributed by atoms with Gasteiger partial charge in [-0.25, -0.2) is 0 Å². The van der Waals surface area contributed by atoms with E-state index in [4.69, 9.17) is 14.2 Å². The summed E-state index contributed by atoms with van der Waals surface area (Å²) in [5.41, 5.74) is 0. The average molecular weight is 873 g/mol. The molecule has 6 heteroatoms. The van der Waals surface area contributed by atoms with Gasteiger partial charge in [-0.2, -0.15) is 0 Å². The van der Waals surface area contributed by atoms with E-state index in [1.807, 2.05) is 0 Å². The lowest BCUT2D eigenvalue weighted by atomic mass is 10.0. The normalized spacial score (nSPS) is 12.1. The average Bonchev–Trinajstić information content (AvgIpc) is 3.27. The van der Waals surface area contributed by atoms with Crippen molar-refractivity contribution in [1.29, 1.82) is 0 Å². The molecule has 62 heavy (non-hydrogen) atoms. The molecule has 1 unspecified atom stereocenters. The third-order valence-corrected chi connectivity index (χ3v) is 12.2. The first-order chi connectivity index (χ1) is 30.5. The molecule has 6 nitrogen and oxygen atoms in total. The Labute approximate surface area is 385 Å². The quantitative estimate of drug-likeness (QED) is 0.0262. The number of rotatable bonds is 50. The second-order valence-corrected chi connectivity index (χ2v) is 18.5. The van der Waals surface area contributed by atoms with E-state index >= 15 is 0 Å². The second-order valence-electron chi connectivity index (χ2n) is 18.5. The zero-order chi connectivity index (χ0) is 45.1. The van der Waals surface area contributed by atoms with E-state index in [0.717, 1.165) is 70.6 Å². The van der Waals surface area contributed by atoms with Crippen molar-refractivity contribution in [3.8, 4) is 0 Å². The topological polar surface area (TPSA) is 78.9 Å². The summed E-state index contributed by atoms with van der Waals surface area (Å²) in [4.78, 5) is 38.0. The van der Waals surface area contributed by atoms with E-state index in [1.54, 1.807) is 0 Å². The Hall–Kier alpha value is -2.11. The van der Waals surface area contributed by atoms with Crippen LogP contribution in [0, 0.1) is 0 Å². The van der Waals surface area contributed by atoms with Gasteiger partial charge in [0.15, 0.2) is 6.10 Å². The minimum Gasteiger partial charge on any atom is -0.462 e. The molecule has 0 aliphatic carbocycles. The highest BCUT2D eigenvalue weighted by Gasteiger charge is 2.19. The van der Waals surface area contributed by atoms with Crippen LogP contribution in [0.3, 0.4) is 0 Å². The number of ether oxygens (including phenoxy) is 3. The van der Waals surface area contributed by atoms with E-state index < -0.39 is 6.10 Å². The van der Waals surface area contributed by atoms with E-state index in [1.165, 1.54) is 186 Å². The highest BCUT2D eigenvalue weighted by atomic mass is 16.6. The van der Waals surface area contributed by atoms with Crippen molar-refractivity contribution in [2.24, 2.45) is 0 Å². The number of hydrogen-bond donors (Lipinski definition) is 0. The Bertz CT molecular complexity index is 1000. The number of hydrogen-bond acceptors (Lipinski definition) is 6. The zero-order valence-corrected chi connectivity index (χ0v) is 41.7. The first kappa shape index (κ1) is 59.9. The van der Waals surface area contributed by atoms with Crippen molar-refractivity contribution in [3.05, 3.63) is 24.3 Å². The van der Waals surface area contributed by atoms with Gasteiger partial charge in [-0.15, -0.1) is 0 Å². The number of unbranched alkanes of at least 4 members (excludes halogenated alkanes) is 35. The molecule has 0 aliphatic rings. The van der Waals surface area contributed by atoms with Crippen LogP contribution in [-0.4, -0.2) is 37.2 Å². The number of allylic oxidation sites excluding steroid dienone is 4. The molecule has 1 atom stereocenters. The van der Waals surface area contributed by atoms with Gasteiger partial charge in [-0.1, -0.05) is 231 Å². The number of esters is 3. The summed E-state index contributed by atoms with van der Waals surface area (Å²) in [6.07, 6.45) is 58.7. The fraction of sp³-hybridized carbons (Fsp3) is 0.875. The molecule has 0 rings (SSSR count). The third-order valence-electron chi connectivity index (χ3n) is 12.2. The SMILES string of the molecule is CCCCCC/C=C\CCCCCCCC(=O)OCC(COC(=O)CCCCCCCCCCCCCCCCCCC)OC(=O)CCCCCCC/C=C\CCCCCCC. The molecule has 0 radical (unpaired) electrons. The fourth-order valence-electron chi connectivity index (χ4n) is 8.02. The second kappa shape index (κ2) is 51.5. The molecule has 0 aliphatic heterocycles. The Balaban J connectivity index is 4.34. The standard InChI is InChI=1S/C56H104O6/c1-4-7-10-13-16-19-22-25-27-28-29-32-34-37-40-43-46-49-55(58)61-52-53(51-60-54(57)48-45-42-39-36-33-30-24-21-18-15-12-9-6-3)62-56(59)50-47-44-41-38-35-31-26-23-20-17-14-11-8-5-2/h21,23-24,26,53H,4-20,22,25,27-52H2,1-3H3/b24-21-,26-23-. The monoisotopic (exact) mass is 873 g/mol. The van der Waals surface area contributed by atoms with Gasteiger partial charge in [0, 0.05) is 19.3 Å². The van der Waals surface area contributed by atoms with Crippen molar-refractivity contribution in [2.45, 2.75) is 303 Å². The van der Waals surface area contributed by atoms with Crippen LogP contribution in [0.5, 0.6) is 0 Å². The summed E-state index contributed by atoms with van der Waals surface area (Å²) in [6, 6.07) is 0. The highest BCUT2D eigenvalue weighted by molar-refractivity contribution is 5.71. The van der Waals surface area contributed by atoms with Gasteiger partial charge >= 0.3 is 17.9 Å². The van der Waals surface area contributed by atoms with Gasteiger partial charge in [-0.05, 0) is 70.6 Å². The molecule has 0 aromatic heterocycles. The van der Waals surface area contributed by atoms with Gasteiger partial charge in [0.1, 0.15) is 13.2 Å². The van der Waals surface area contributed by atoms with Gasteiger partial charge in [0.2, 0.25) is 0 Å².